The lowest BCUT2D eigenvalue weighted by Crippen LogP contribution is -2.25. The molecule has 1 aromatic rings. The molecule has 2 rings (SSSR count). The lowest BCUT2D eigenvalue weighted by atomic mass is 9.83. The third-order valence-corrected chi connectivity index (χ3v) is 3.13. The third-order valence-electron chi connectivity index (χ3n) is 3.13. The first-order valence-electron chi connectivity index (χ1n) is 4.92. The monoisotopic (exact) mass is 189 g/mol. The number of carbonyl (C=O) groups excluding carboxylic acids is 1. The SMILES string of the molecule is CC1(C)C(=O)Cc2cccc(CN)c21. The van der Waals surface area contributed by atoms with Gasteiger partial charge in [0.1, 0.15) is 5.78 Å². The molecule has 0 aromatic heterocycles. The van der Waals surface area contributed by atoms with Crippen LogP contribution in [0.1, 0.15) is 30.5 Å². The molecule has 1 aliphatic carbocycles. The number of fused-ring (bicyclic) bond motifs is 1. The molecule has 14 heavy (non-hydrogen) atoms. The summed E-state index contributed by atoms with van der Waals surface area (Å²) in [5.41, 5.74) is 8.76. The maximum absolute atomic E-state index is 11.8. The largest absolute Gasteiger partial charge is 0.326 e. The topological polar surface area (TPSA) is 43.1 Å². The molecule has 2 heteroatoms. The summed E-state index contributed by atoms with van der Waals surface area (Å²) in [6.07, 6.45) is 0.566. The maximum Gasteiger partial charge on any atom is 0.147 e. The van der Waals surface area contributed by atoms with Gasteiger partial charge in [-0.05, 0) is 30.5 Å². The number of nitrogens with two attached hydrogens (primary N) is 1. The van der Waals surface area contributed by atoms with Crippen molar-refractivity contribution in [2.45, 2.75) is 32.2 Å². The fourth-order valence-corrected chi connectivity index (χ4v) is 2.31. The summed E-state index contributed by atoms with van der Waals surface area (Å²) in [4.78, 5) is 11.8. The molecule has 0 bridgehead atoms. The van der Waals surface area contributed by atoms with Crippen molar-refractivity contribution in [1.29, 1.82) is 0 Å². The highest BCUT2D eigenvalue weighted by Crippen LogP contribution is 2.37. The van der Waals surface area contributed by atoms with E-state index in [0.29, 0.717) is 18.7 Å². The van der Waals surface area contributed by atoms with Gasteiger partial charge < -0.3 is 5.73 Å². The van der Waals surface area contributed by atoms with Crippen LogP contribution in [0.4, 0.5) is 0 Å². The molecule has 0 spiro atoms. The number of rotatable bonds is 1. The summed E-state index contributed by atoms with van der Waals surface area (Å²) in [6, 6.07) is 6.02. The molecule has 0 fully saturated rings. The summed E-state index contributed by atoms with van der Waals surface area (Å²) in [5.74, 6) is 0.299. The second kappa shape index (κ2) is 2.92. The molecule has 1 aliphatic rings. The second-order valence-electron chi connectivity index (χ2n) is 4.38. The molecule has 1 aromatic carbocycles. The Morgan fingerprint density at radius 1 is 1.43 bits per heavy atom. The van der Waals surface area contributed by atoms with Crippen LogP contribution >= 0.6 is 0 Å². The molecule has 0 saturated heterocycles. The molecule has 0 radical (unpaired) electrons. The molecule has 0 heterocycles. The number of hydrogen-bond donors (Lipinski definition) is 1. The van der Waals surface area contributed by atoms with E-state index >= 15 is 0 Å². The molecule has 0 atom stereocenters. The van der Waals surface area contributed by atoms with Crippen LogP contribution in [0.3, 0.4) is 0 Å². The zero-order valence-corrected chi connectivity index (χ0v) is 8.63. The Labute approximate surface area is 84.1 Å². The van der Waals surface area contributed by atoms with Gasteiger partial charge in [-0.15, -0.1) is 0 Å². The van der Waals surface area contributed by atoms with Crippen LogP contribution in [0.15, 0.2) is 18.2 Å². The molecule has 0 amide bonds. The molecule has 74 valence electrons. The Morgan fingerprint density at radius 2 is 2.14 bits per heavy atom. The quantitative estimate of drug-likeness (QED) is 0.728. The zero-order valence-electron chi connectivity index (χ0n) is 8.63. The fraction of sp³-hybridized carbons (Fsp3) is 0.417. The van der Waals surface area contributed by atoms with Gasteiger partial charge in [-0.1, -0.05) is 18.2 Å². The minimum atomic E-state index is -0.342. The second-order valence-corrected chi connectivity index (χ2v) is 4.38. The first-order chi connectivity index (χ1) is 6.57. The number of carbonyl (C=O) groups is 1. The van der Waals surface area contributed by atoms with Gasteiger partial charge in [0, 0.05) is 18.4 Å². The summed E-state index contributed by atoms with van der Waals surface area (Å²) in [7, 11) is 0. The van der Waals surface area contributed by atoms with Crippen LogP contribution in [-0.2, 0) is 23.2 Å². The lowest BCUT2D eigenvalue weighted by Gasteiger charge is -2.20. The van der Waals surface area contributed by atoms with Crippen molar-refractivity contribution in [2.24, 2.45) is 5.73 Å². The first kappa shape index (κ1) is 9.41. The Balaban J connectivity index is 2.66. The van der Waals surface area contributed by atoms with E-state index in [0.717, 1.165) is 16.7 Å². The van der Waals surface area contributed by atoms with Gasteiger partial charge in [0.15, 0.2) is 0 Å². The smallest absolute Gasteiger partial charge is 0.147 e. The van der Waals surface area contributed by atoms with Gasteiger partial charge in [0.05, 0.1) is 0 Å². The van der Waals surface area contributed by atoms with E-state index in [1.807, 2.05) is 32.0 Å². The highest BCUT2D eigenvalue weighted by Gasteiger charge is 2.39. The number of Topliss-reactive ketones (excluding diaryl/α,β-unsaturated/α-hetero) is 1. The minimum Gasteiger partial charge on any atom is -0.326 e. The van der Waals surface area contributed by atoms with Gasteiger partial charge in [-0.3, -0.25) is 4.79 Å². The summed E-state index contributed by atoms with van der Waals surface area (Å²) >= 11 is 0. The van der Waals surface area contributed by atoms with Crippen molar-refractivity contribution in [3.05, 3.63) is 34.9 Å². The van der Waals surface area contributed by atoms with Crippen molar-refractivity contribution < 1.29 is 4.79 Å². The predicted molar refractivity (Wildman–Crippen MR) is 56.1 cm³/mol. The van der Waals surface area contributed by atoms with E-state index in [2.05, 4.69) is 0 Å². The maximum atomic E-state index is 11.8. The third kappa shape index (κ3) is 1.11. The summed E-state index contributed by atoms with van der Waals surface area (Å²) in [6.45, 7) is 4.49. The number of benzene rings is 1. The van der Waals surface area contributed by atoms with E-state index in [1.165, 1.54) is 0 Å². The van der Waals surface area contributed by atoms with Crippen molar-refractivity contribution in [1.82, 2.24) is 0 Å². The van der Waals surface area contributed by atoms with Gasteiger partial charge in [0.2, 0.25) is 0 Å². The van der Waals surface area contributed by atoms with Crippen LogP contribution in [0.5, 0.6) is 0 Å². The molecule has 0 unspecified atom stereocenters. The van der Waals surface area contributed by atoms with Crippen LogP contribution in [0, 0.1) is 0 Å². The van der Waals surface area contributed by atoms with Gasteiger partial charge in [-0.2, -0.15) is 0 Å². The Morgan fingerprint density at radius 3 is 2.79 bits per heavy atom. The zero-order chi connectivity index (χ0) is 10.3. The molecular formula is C12H15NO. The van der Waals surface area contributed by atoms with Crippen molar-refractivity contribution in [2.75, 3.05) is 0 Å². The molecule has 2 N–H and O–H groups in total. The summed E-state index contributed by atoms with van der Waals surface area (Å²) < 4.78 is 0. The Kier molecular flexibility index (Phi) is 1.96. The van der Waals surface area contributed by atoms with Crippen LogP contribution in [0.2, 0.25) is 0 Å². The molecular weight excluding hydrogens is 174 g/mol. The van der Waals surface area contributed by atoms with Crippen LogP contribution < -0.4 is 5.73 Å². The predicted octanol–water partition coefficient (Wildman–Crippen LogP) is 1.55. The van der Waals surface area contributed by atoms with Crippen molar-refractivity contribution >= 4 is 5.78 Å². The molecule has 0 saturated carbocycles. The van der Waals surface area contributed by atoms with Crippen molar-refractivity contribution in [3.8, 4) is 0 Å². The van der Waals surface area contributed by atoms with E-state index in [-0.39, 0.29) is 5.41 Å². The normalized spacial score (nSPS) is 18.4. The molecule has 0 aliphatic heterocycles. The highest BCUT2D eigenvalue weighted by molar-refractivity contribution is 5.96. The van der Waals surface area contributed by atoms with Gasteiger partial charge in [0.25, 0.3) is 0 Å². The van der Waals surface area contributed by atoms with Crippen LogP contribution in [0.25, 0.3) is 0 Å². The van der Waals surface area contributed by atoms with Crippen LogP contribution in [-0.4, -0.2) is 5.78 Å². The van der Waals surface area contributed by atoms with E-state index in [1.54, 1.807) is 0 Å². The first-order valence-corrected chi connectivity index (χ1v) is 4.92. The number of hydrogen-bond acceptors (Lipinski definition) is 2. The lowest BCUT2D eigenvalue weighted by molar-refractivity contribution is -0.121. The Bertz CT molecular complexity index is 393. The van der Waals surface area contributed by atoms with E-state index < -0.39 is 0 Å². The van der Waals surface area contributed by atoms with Gasteiger partial charge >= 0.3 is 0 Å². The summed E-state index contributed by atoms with van der Waals surface area (Å²) in [5, 5.41) is 0. The average Bonchev–Trinajstić information content (AvgIpc) is 2.38. The molecule has 2 nitrogen and oxygen atoms in total. The standard InChI is InChI=1S/C12H15NO/c1-12(2)10(14)6-8-4-3-5-9(7-13)11(8)12/h3-5H,6-7,13H2,1-2H3. The fourth-order valence-electron chi connectivity index (χ4n) is 2.31. The van der Waals surface area contributed by atoms with E-state index in [4.69, 9.17) is 5.73 Å². The highest BCUT2D eigenvalue weighted by atomic mass is 16.1. The Hall–Kier alpha value is -1.15. The van der Waals surface area contributed by atoms with E-state index in [9.17, 15) is 4.79 Å². The minimum absolute atomic E-state index is 0.299. The average molecular weight is 189 g/mol. The number of ketones is 1. The van der Waals surface area contributed by atoms with Gasteiger partial charge in [-0.25, -0.2) is 0 Å². The van der Waals surface area contributed by atoms with Crippen molar-refractivity contribution in [3.63, 3.8) is 0 Å².